The van der Waals surface area contributed by atoms with Crippen LogP contribution >= 0.6 is 11.8 Å². The molecule has 0 fully saturated rings. The van der Waals surface area contributed by atoms with E-state index in [-0.39, 0.29) is 0 Å². The maximum absolute atomic E-state index is 4.33. The molecule has 1 unspecified atom stereocenters. The molecule has 0 amide bonds. The fraction of sp³-hybridized carbons (Fsp3) is 0.727. The molecule has 0 bridgehead atoms. The number of nitrogens with zero attached hydrogens (tertiary/aromatic N) is 2. The molecule has 1 aromatic rings. The zero-order valence-electron chi connectivity index (χ0n) is 9.86. The molecule has 0 aliphatic heterocycles. The number of nitrogens with one attached hydrogen (secondary N) is 1. The maximum Gasteiger partial charge on any atom is 0.125 e. The number of hydrogen-bond acceptors (Lipinski definition) is 3. The molecule has 86 valence electrons. The van der Waals surface area contributed by atoms with Crippen molar-refractivity contribution in [1.29, 1.82) is 0 Å². The van der Waals surface area contributed by atoms with Crippen molar-refractivity contribution in [3.05, 3.63) is 18.2 Å². The number of imidazole rings is 1. The van der Waals surface area contributed by atoms with E-state index in [0.717, 1.165) is 12.4 Å². The summed E-state index contributed by atoms with van der Waals surface area (Å²) in [6, 6.07) is 0.347. The van der Waals surface area contributed by atoms with E-state index in [4.69, 9.17) is 0 Å². The Morgan fingerprint density at radius 2 is 2.33 bits per heavy atom. The lowest BCUT2D eigenvalue weighted by atomic mass is 10.3. The summed E-state index contributed by atoms with van der Waals surface area (Å²) in [5, 5.41) is 3.49. The van der Waals surface area contributed by atoms with Crippen LogP contribution in [0.25, 0.3) is 0 Å². The van der Waals surface area contributed by atoms with Gasteiger partial charge in [0.1, 0.15) is 5.82 Å². The van der Waals surface area contributed by atoms with Crippen molar-refractivity contribution in [3.8, 4) is 0 Å². The normalized spacial score (nSPS) is 13.0. The Balaban J connectivity index is 2.19. The predicted molar refractivity (Wildman–Crippen MR) is 67.2 cm³/mol. The van der Waals surface area contributed by atoms with Gasteiger partial charge < -0.3 is 9.88 Å². The first-order valence-electron chi connectivity index (χ1n) is 5.45. The number of rotatable bonds is 7. The lowest BCUT2D eigenvalue weighted by Gasteiger charge is -2.13. The first kappa shape index (κ1) is 12.6. The number of hydrogen-bond donors (Lipinski definition) is 1. The summed E-state index contributed by atoms with van der Waals surface area (Å²) in [7, 11) is 2.04. The van der Waals surface area contributed by atoms with Crippen LogP contribution in [0.3, 0.4) is 0 Å². The zero-order chi connectivity index (χ0) is 11.1. The van der Waals surface area contributed by atoms with Gasteiger partial charge in [-0.1, -0.05) is 0 Å². The minimum atomic E-state index is 0.347. The quantitative estimate of drug-likeness (QED) is 0.724. The molecule has 1 heterocycles. The summed E-state index contributed by atoms with van der Waals surface area (Å²) >= 11 is 1.92. The Bertz CT molecular complexity index is 273. The second-order valence-electron chi connectivity index (χ2n) is 3.77. The average Bonchev–Trinajstić information content (AvgIpc) is 2.64. The third-order valence-corrected chi connectivity index (χ3v) is 3.17. The molecule has 1 aromatic heterocycles. The Labute approximate surface area is 96.7 Å². The van der Waals surface area contributed by atoms with Crippen LogP contribution in [0.5, 0.6) is 0 Å². The van der Waals surface area contributed by atoms with Gasteiger partial charge >= 0.3 is 0 Å². The number of unbranched alkanes of at least 4 members (excludes halogenated alkanes) is 1. The molecular formula is C11H21N3S. The Kier molecular flexibility index (Phi) is 5.79. The van der Waals surface area contributed by atoms with Crippen molar-refractivity contribution >= 4 is 11.8 Å². The van der Waals surface area contributed by atoms with Gasteiger partial charge in [0.05, 0.1) is 6.04 Å². The summed E-state index contributed by atoms with van der Waals surface area (Å²) < 4.78 is 2.07. The van der Waals surface area contributed by atoms with Crippen molar-refractivity contribution in [1.82, 2.24) is 14.9 Å². The van der Waals surface area contributed by atoms with E-state index in [1.165, 1.54) is 18.6 Å². The molecule has 0 saturated heterocycles. The summed E-state index contributed by atoms with van der Waals surface area (Å²) in [6.07, 6.45) is 8.53. The van der Waals surface area contributed by atoms with E-state index in [1.807, 2.05) is 31.2 Å². The van der Waals surface area contributed by atoms with E-state index in [0.29, 0.717) is 6.04 Å². The van der Waals surface area contributed by atoms with Gasteiger partial charge in [-0.2, -0.15) is 11.8 Å². The highest BCUT2D eigenvalue weighted by atomic mass is 32.2. The maximum atomic E-state index is 4.33. The van der Waals surface area contributed by atoms with Crippen LogP contribution in [0, 0.1) is 0 Å². The van der Waals surface area contributed by atoms with E-state index >= 15 is 0 Å². The minimum Gasteiger partial charge on any atom is -0.337 e. The standard InChI is InChI=1S/C11H21N3S/c1-10(11-13-7-8-14(11)2)12-6-4-5-9-15-3/h7-8,10,12H,4-6,9H2,1-3H3. The molecule has 0 radical (unpaired) electrons. The summed E-state index contributed by atoms with van der Waals surface area (Å²) in [5.74, 6) is 2.37. The highest BCUT2D eigenvalue weighted by molar-refractivity contribution is 7.98. The van der Waals surface area contributed by atoms with Crippen molar-refractivity contribution in [2.75, 3.05) is 18.6 Å². The van der Waals surface area contributed by atoms with Crippen molar-refractivity contribution in [3.63, 3.8) is 0 Å². The molecule has 0 aromatic carbocycles. The summed E-state index contributed by atoms with van der Waals surface area (Å²) in [5.41, 5.74) is 0. The molecule has 3 nitrogen and oxygen atoms in total. The molecule has 1 rings (SSSR count). The van der Waals surface area contributed by atoms with Crippen molar-refractivity contribution < 1.29 is 0 Å². The highest BCUT2D eigenvalue weighted by Gasteiger charge is 2.08. The smallest absolute Gasteiger partial charge is 0.125 e. The van der Waals surface area contributed by atoms with Crippen molar-refractivity contribution in [2.24, 2.45) is 7.05 Å². The van der Waals surface area contributed by atoms with Gasteiger partial charge in [0.25, 0.3) is 0 Å². The Hall–Kier alpha value is -0.480. The molecule has 0 saturated carbocycles. The number of aryl methyl sites for hydroxylation is 1. The van der Waals surface area contributed by atoms with Crippen LogP contribution in [0.4, 0.5) is 0 Å². The molecule has 0 aliphatic carbocycles. The van der Waals surface area contributed by atoms with Gasteiger partial charge in [-0.15, -0.1) is 0 Å². The largest absolute Gasteiger partial charge is 0.337 e. The second kappa shape index (κ2) is 6.90. The zero-order valence-corrected chi connectivity index (χ0v) is 10.7. The average molecular weight is 227 g/mol. The fourth-order valence-electron chi connectivity index (χ4n) is 1.58. The molecule has 0 aliphatic rings. The monoisotopic (exact) mass is 227 g/mol. The molecule has 0 spiro atoms. The Morgan fingerprint density at radius 3 is 2.93 bits per heavy atom. The second-order valence-corrected chi connectivity index (χ2v) is 4.76. The molecule has 1 N–H and O–H groups in total. The van der Waals surface area contributed by atoms with E-state index in [2.05, 4.69) is 28.0 Å². The molecular weight excluding hydrogens is 206 g/mol. The summed E-state index contributed by atoms with van der Waals surface area (Å²) in [4.78, 5) is 4.33. The first-order chi connectivity index (χ1) is 7.25. The van der Waals surface area contributed by atoms with Crippen LogP contribution < -0.4 is 5.32 Å². The molecule has 1 atom stereocenters. The van der Waals surface area contributed by atoms with Gasteiger partial charge in [0.15, 0.2) is 0 Å². The molecule has 4 heteroatoms. The topological polar surface area (TPSA) is 29.9 Å². The van der Waals surface area contributed by atoms with Crippen molar-refractivity contribution in [2.45, 2.75) is 25.8 Å². The van der Waals surface area contributed by atoms with Gasteiger partial charge in [0, 0.05) is 19.4 Å². The van der Waals surface area contributed by atoms with E-state index < -0.39 is 0 Å². The SMILES string of the molecule is CSCCCCNC(C)c1nccn1C. The van der Waals surface area contributed by atoms with E-state index in [9.17, 15) is 0 Å². The van der Waals surface area contributed by atoms with E-state index in [1.54, 1.807) is 0 Å². The third-order valence-electron chi connectivity index (χ3n) is 2.47. The molecule has 15 heavy (non-hydrogen) atoms. The fourth-order valence-corrected chi connectivity index (χ4v) is 2.07. The number of aromatic nitrogens is 2. The van der Waals surface area contributed by atoms with Crippen LogP contribution in [0.2, 0.25) is 0 Å². The number of thioether (sulfide) groups is 1. The summed E-state index contributed by atoms with van der Waals surface area (Å²) in [6.45, 7) is 3.24. The van der Waals surface area contributed by atoms with Gasteiger partial charge in [-0.25, -0.2) is 4.98 Å². The lowest BCUT2D eigenvalue weighted by Crippen LogP contribution is -2.22. The third kappa shape index (κ3) is 4.26. The van der Waals surface area contributed by atoms with Gasteiger partial charge in [0.2, 0.25) is 0 Å². The van der Waals surface area contributed by atoms with Gasteiger partial charge in [-0.05, 0) is 38.3 Å². The van der Waals surface area contributed by atoms with Crippen LogP contribution in [-0.2, 0) is 7.05 Å². The lowest BCUT2D eigenvalue weighted by molar-refractivity contribution is 0.519. The highest BCUT2D eigenvalue weighted by Crippen LogP contribution is 2.08. The minimum absolute atomic E-state index is 0.347. The van der Waals surface area contributed by atoms with Crippen LogP contribution in [0.1, 0.15) is 31.6 Å². The Morgan fingerprint density at radius 1 is 1.53 bits per heavy atom. The van der Waals surface area contributed by atoms with Crippen LogP contribution in [0.15, 0.2) is 12.4 Å². The van der Waals surface area contributed by atoms with Gasteiger partial charge in [-0.3, -0.25) is 0 Å². The van der Waals surface area contributed by atoms with Crippen LogP contribution in [-0.4, -0.2) is 28.1 Å². The first-order valence-corrected chi connectivity index (χ1v) is 6.84. The predicted octanol–water partition coefficient (Wildman–Crippen LogP) is 2.21.